The van der Waals surface area contributed by atoms with Crippen LogP contribution in [0.25, 0.3) is 0 Å². The van der Waals surface area contributed by atoms with E-state index in [1.54, 1.807) is 0 Å². The molecule has 7 heteroatoms. The van der Waals surface area contributed by atoms with Gasteiger partial charge in [-0.1, -0.05) is 49.6 Å². The monoisotopic (exact) mass is 419 g/mol. The molecule has 0 bridgehead atoms. The van der Waals surface area contributed by atoms with Gasteiger partial charge in [0.15, 0.2) is 0 Å². The zero-order chi connectivity index (χ0) is 18.5. The molecule has 2 N–H and O–H groups in total. The average molecular weight is 420 g/mol. The van der Waals surface area contributed by atoms with Crippen LogP contribution in [0.1, 0.15) is 43.7 Å². The van der Waals surface area contributed by atoms with Gasteiger partial charge >= 0.3 is 5.69 Å². The summed E-state index contributed by atoms with van der Waals surface area (Å²) in [7, 11) is 0. The zero-order valence-electron chi connectivity index (χ0n) is 14.4. The maximum Gasteiger partial charge on any atom is 0.328 e. The first-order valence-corrected chi connectivity index (χ1v) is 9.67. The highest BCUT2D eigenvalue weighted by atomic mass is 79.9. The quantitative estimate of drug-likeness (QED) is 0.780. The second kappa shape index (κ2) is 8.49. The van der Waals surface area contributed by atoms with Crippen LogP contribution in [0.15, 0.2) is 50.6 Å². The maximum atomic E-state index is 12.6. The number of hydrogen-bond donors (Lipinski definition) is 2. The molecular formula is C19H22BrN3O3. The number of rotatable bonds is 5. The molecule has 1 atom stereocenters. The van der Waals surface area contributed by atoms with E-state index in [1.807, 2.05) is 30.3 Å². The van der Waals surface area contributed by atoms with Gasteiger partial charge in [-0.15, -0.1) is 0 Å². The maximum absolute atomic E-state index is 12.6. The number of nitrogens with one attached hydrogen (secondary N) is 2. The third-order valence-corrected chi connectivity index (χ3v) is 5.44. The fourth-order valence-corrected chi connectivity index (χ4v) is 3.92. The molecule has 138 valence electrons. The molecule has 0 aliphatic heterocycles. The standard InChI is InChI=1S/C19H22BrN3O3/c20-15-11-23(19(26)22-18(15)25)12-16(24)21-17(13-7-3-1-4-8-13)14-9-5-2-6-10-14/h1,3-4,7-8,11,14,17H,2,5-6,9-10,12H2,(H,21,24)(H,22,25,26). The number of halogens is 1. The summed E-state index contributed by atoms with van der Waals surface area (Å²) in [6, 6.07) is 9.90. The van der Waals surface area contributed by atoms with Crippen LogP contribution >= 0.6 is 15.9 Å². The molecule has 0 radical (unpaired) electrons. The first-order chi connectivity index (χ1) is 12.5. The fourth-order valence-electron chi connectivity index (χ4n) is 3.58. The van der Waals surface area contributed by atoms with Gasteiger partial charge in [-0.25, -0.2) is 4.79 Å². The number of benzene rings is 1. The number of aromatic nitrogens is 2. The minimum absolute atomic E-state index is 0.0640. The molecule has 1 fully saturated rings. The van der Waals surface area contributed by atoms with Crippen molar-refractivity contribution in [1.29, 1.82) is 0 Å². The van der Waals surface area contributed by atoms with Gasteiger partial charge in [0.2, 0.25) is 5.91 Å². The second-order valence-electron chi connectivity index (χ2n) is 6.72. The van der Waals surface area contributed by atoms with Crippen LogP contribution in [0, 0.1) is 5.92 Å². The van der Waals surface area contributed by atoms with Gasteiger partial charge in [-0.05, 0) is 40.3 Å². The zero-order valence-corrected chi connectivity index (χ0v) is 16.0. The molecule has 1 unspecified atom stereocenters. The van der Waals surface area contributed by atoms with Crippen molar-refractivity contribution in [1.82, 2.24) is 14.9 Å². The van der Waals surface area contributed by atoms with E-state index in [2.05, 4.69) is 26.2 Å². The van der Waals surface area contributed by atoms with E-state index in [0.717, 1.165) is 18.4 Å². The van der Waals surface area contributed by atoms with E-state index >= 15 is 0 Å². The van der Waals surface area contributed by atoms with E-state index in [0.29, 0.717) is 5.92 Å². The molecule has 2 aromatic rings. The molecule has 1 aromatic heterocycles. The van der Waals surface area contributed by atoms with Crippen LogP contribution in [0.5, 0.6) is 0 Å². The number of carbonyl (C=O) groups excluding carboxylic acids is 1. The number of amides is 1. The number of H-pyrrole nitrogens is 1. The summed E-state index contributed by atoms with van der Waals surface area (Å²) in [5.41, 5.74) is -0.0129. The topological polar surface area (TPSA) is 84.0 Å². The number of hydrogen-bond acceptors (Lipinski definition) is 3. The summed E-state index contributed by atoms with van der Waals surface area (Å²) in [4.78, 5) is 38.1. The van der Waals surface area contributed by atoms with E-state index < -0.39 is 11.2 Å². The summed E-state index contributed by atoms with van der Waals surface area (Å²) in [6.07, 6.45) is 7.12. The van der Waals surface area contributed by atoms with Gasteiger partial charge in [-0.2, -0.15) is 0 Å². The van der Waals surface area contributed by atoms with E-state index in [9.17, 15) is 14.4 Å². The summed E-state index contributed by atoms with van der Waals surface area (Å²) in [6.45, 7) is -0.135. The van der Waals surface area contributed by atoms with Gasteiger partial charge in [-0.3, -0.25) is 19.1 Å². The number of nitrogens with zero attached hydrogens (tertiary/aromatic N) is 1. The van der Waals surface area contributed by atoms with Crippen molar-refractivity contribution in [2.45, 2.75) is 44.7 Å². The Kier molecular flexibility index (Phi) is 6.08. The molecule has 26 heavy (non-hydrogen) atoms. The Morgan fingerprint density at radius 3 is 2.58 bits per heavy atom. The normalized spacial score (nSPS) is 16.2. The molecule has 1 heterocycles. The van der Waals surface area contributed by atoms with Crippen LogP contribution in [-0.2, 0) is 11.3 Å². The predicted molar refractivity (Wildman–Crippen MR) is 103 cm³/mol. The first kappa shape index (κ1) is 18.6. The van der Waals surface area contributed by atoms with Gasteiger partial charge < -0.3 is 5.32 Å². The molecule has 1 aliphatic rings. The van der Waals surface area contributed by atoms with Gasteiger partial charge in [0.1, 0.15) is 6.54 Å². The van der Waals surface area contributed by atoms with E-state index in [-0.39, 0.29) is 23.0 Å². The van der Waals surface area contributed by atoms with Gasteiger partial charge in [0.05, 0.1) is 10.5 Å². The van der Waals surface area contributed by atoms with Crippen molar-refractivity contribution < 1.29 is 4.79 Å². The lowest BCUT2D eigenvalue weighted by Gasteiger charge is -2.31. The minimum Gasteiger partial charge on any atom is -0.347 e. The third kappa shape index (κ3) is 4.52. The SMILES string of the molecule is O=C(Cn1cc(Br)c(=O)[nH]c1=O)NC(c1ccccc1)C1CCCCC1. The lowest BCUT2D eigenvalue weighted by Crippen LogP contribution is -2.39. The third-order valence-electron chi connectivity index (χ3n) is 4.88. The second-order valence-corrected chi connectivity index (χ2v) is 7.57. The highest BCUT2D eigenvalue weighted by molar-refractivity contribution is 9.10. The lowest BCUT2D eigenvalue weighted by atomic mass is 9.81. The van der Waals surface area contributed by atoms with Crippen molar-refractivity contribution in [2.24, 2.45) is 5.92 Å². The fraction of sp³-hybridized carbons (Fsp3) is 0.421. The highest BCUT2D eigenvalue weighted by Crippen LogP contribution is 2.34. The summed E-state index contributed by atoms with van der Waals surface area (Å²) >= 11 is 3.09. The first-order valence-electron chi connectivity index (χ1n) is 8.88. The Labute approximate surface area is 159 Å². The van der Waals surface area contributed by atoms with Crippen LogP contribution in [0.4, 0.5) is 0 Å². The number of carbonyl (C=O) groups is 1. The minimum atomic E-state index is -0.595. The largest absolute Gasteiger partial charge is 0.347 e. The molecular weight excluding hydrogens is 398 g/mol. The van der Waals surface area contributed by atoms with Gasteiger partial charge in [0, 0.05) is 6.20 Å². The summed E-state index contributed by atoms with van der Waals surface area (Å²) in [5, 5.41) is 3.11. The van der Waals surface area contributed by atoms with Crippen molar-refractivity contribution in [2.75, 3.05) is 0 Å². The molecule has 1 aromatic carbocycles. The van der Waals surface area contributed by atoms with Gasteiger partial charge in [0.25, 0.3) is 5.56 Å². The van der Waals surface area contributed by atoms with Crippen LogP contribution in [-0.4, -0.2) is 15.5 Å². The average Bonchev–Trinajstić information content (AvgIpc) is 2.65. The molecule has 1 saturated carbocycles. The molecule has 1 aliphatic carbocycles. The van der Waals surface area contributed by atoms with Crippen LogP contribution in [0.2, 0.25) is 0 Å². The van der Waals surface area contributed by atoms with Crippen molar-refractivity contribution in [3.63, 3.8) is 0 Å². The predicted octanol–water partition coefficient (Wildman–Crippen LogP) is 2.74. The molecule has 1 amide bonds. The number of aromatic amines is 1. The van der Waals surface area contributed by atoms with Crippen molar-refractivity contribution >= 4 is 21.8 Å². The van der Waals surface area contributed by atoms with Crippen LogP contribution < -0.4 is 16.6 Å². The Morgan fingerprint density at radius 2 is 1.88 bits per heavy atom. The lowest BCUT2D eigenvalue weighted by molar-refractivity contribution is -0.123. The Balaban J connectivity index is 1.78. The van der Waals surface area contributed by atoms with Crippen LogP contribution in [0.3, 0.4) is 0 Å². The highest BCUT2D eigenvalue weighted by Gasteiger charge is 2.26. The molecule has 6 nitrogen and oxygen atoms in total. The Bertz CT molecular complexity index is 870. The van der Waals surface area contributed by atoms with E-state index in [4.69, 9.17) is 0 Å². The molecule has 3 rings (SSSR count). The summed E-state index contributed by atoms with van der Waals surface area (Å²) < 4.78 is 1.42. The Hall–Kier alpha value is -2.15. The Morgan fingerprint density at radius 1 is 1.19 bits per heavy atom. The summed E-state index contributed by atoms with van der Waals surface area (Å²) in [5.74, 6) is 0.152. The van der Waals surface area contributed by atoms with E-state index in [1.165, 1.54) is 30.0 Å². The molecule has 0 saturated heterocycles. The van der Waals surface area contributed by atoms with Crippen molar-refractivity contribution in [3.05, 3.63) is 67.4 Å². The smallest absolute Gasteiger partial charge is 0.328 e. The van der Waals surface area contributed by atoms with Crippen molar-refractivity contribution in [3.8, 4) is 0 Å². The molecule has 0 spiro atoms.